The van der Waals surface area contributed by atoms with Gasteiger partial charge in [-0.2, -0.15) is 0 Å². The van der Waals surface area contributed by atoms with Gasteiger partial charge in [-0.25, -0.2) is 0 Å². The van der Waals surface area contributed by atoms with Crippen LogP contribution in [0.4, 0.5) is 5.00 Å². The highest BCUT2D eigenvalue weighted by Crippen LogP contribution is 2.39. The lowest BCUT2D eigenvalue weighted by Crippen LogP contribution is -2.26. The van der Waals surface area contributed by atoms with Crippen molar-refractivity contribution in [2.24, 2.45) is 5.92 Å². The molecule has 1 aromatic carbocycles. The molecule has 1 atom stereocenters. The summed E-state index contributed by atoms with van der Waals surface area (Å²) in [4.78, 5) is 31.3. The van der Waals surface area contributed by atoms with Gasteiger partial charge in [0.25, 0.3) is 5.91 Å². The molecule has 0 bridgehead atoms. The number of rotatable bonds is 9. The second kappa shape index (κ2) is 11.7. The van der Waals surface area contributed by atoms with Crippen LogP contribution in [0.3, 0.4) is 0 Å². The molecule has 0 aliphatic heterocycles. The minimum Gasteiger partial charge on any atom is -0.493 e. The van der Waals surface area contributed by atoms with Crippen molar-refractivity contribution in [2.45, 2.75) is 52.5 Å². The molecule has 0 saturated heterocycles. The third kappa shape index (κ3) is 6.61. The van der Waals surface area contributed by atoms with Crippen molar-refractivity contribution in [1.82, 2.24) is 10.3 Å². The molecule has 2 amide bonds. The fraction of sp³-hybridized carbons (Fsp3) is 0.370. The lowest BCUT2D eigenvalue weighted by molar-refractivity contribution is -0.116. The van der Waals surface area contributed by atoms with Crippen molar-refractivity contribution in [3.05, 3.63) is 74.9 Å². The zero-order valence-electron chi connectivity index (χ0n) is 20.0. The molecule has 0 unspecified atom stereocenters. The summed E-state index contributed by atoms with van der Waals surface area (Å²) in [5.74, 6) is 1.07. The number of hydrogen-bond acceptors (Lipinski definition) is 5. The highest BCUT2D eigenvalue weighted by Gasteiger charge is 2.28. The van der Waals surface area contributed by atoms with E-state index < -0.39 is 0 Å². The molecule has 35 heavy (non-hydrogen) atoms. The van der Waals surface area contributed by atoms with E-state index in [9.17, 15) is 9.59 Å². The van der Waals surface area contributed by atoms with Crippen molar-refractivity contribution < 1.29 is 14.3 Å². The number of carbonyl (C=O) groups excluding carboxylic acids is 2. The average Bonchev–Trinajstić information content (AvgIpc) is 3.18. The number of benzene rings is 1. The summed E-state index contributed by atoms with van der Waals surface area (Å²) in [5, 5.41) is 7.33. The van der Waals surface area contributed by atoms with Crippen molar-refractivity contribution >= 4 is 39.8 Å². The van der Waals surface area contributed by atoms with Gasteiger partial charge in [-0.1, -0.05) is 24.6 Å². The van der Waals surface area contributed by atoms with Gasteiger partial charge in [-0.05, 0) is 79.5 Å². The van der Waals surface area contributed by atoms with Gasteiger partial charge in [-0.3, -0.25) is 14.6 Å². The lowest BCUT2D eigenvalue weighted by atomic mass is 9.88. The van der Waals surface area contributed by atoms with Crippen LogP contribution < -0.4 is 15.4 Å². The minimum absolute atomic E-state index is 0.116. The number of aromatic nitrogens is 1. The summed E-state index contributed by atoms with van der Waals surface area (Å²) >= 11 is 7.52. The lowest BCUT2D eigenvalue weighted by Gasteiger charge is -2.18. The second-order valence-electron chi connectivity index (χ2n) is 9.01. The third-order valence-electron chi connectivity index (χ3n) is 6.11. The molecule has 3 aromatic rings. The number of amides is 2. The maximum absolute atomic E-state index is 13.2. The Morgan fingerprint density at radius 3 is 2.91 bits per heavy atom. The first-order chi connectivity index (χ1) is 16.9. The summed E-state index contributed by atoms with van der Waals surface area (Å²) < 4.78 is 5.80. The summed E-state index contributed by atoms with van der Waals surface area (Å²) in [7, 11) is 0. The number of halogens is 1. The van der Waals surface area contributed by atoms with Crippen molar-refractivity contribution in [2.75, 3.05) is 11.9 Å². The Labute approximate surface area is 215 Å². The fourth-order valence-electron chi connectivity index (χ4n) is 4.23. The zero-order valence-corrected chi connectivity index (χ0v) is 21.6. The van der Waals surface area contributed by atoms with Crippen LogP contribution in [0.15, 0.2) is 42.7 Å². The number of nitrogens with zero attached hydrogens (tertiary/aromatic N) is 1. The quantitative estimate of drug-likeness (QED) is 0.347. The third-order valence-corrected chi connectivity index (χ3v) is 7.52. The van der Waals surface area contributed by atoms with Gasteiger partial charge in [-0.15, -0.1) is 11.3 Å². The Kier molecular flexibility index (Phi) is 8.42. The Hall–Kier alpha value is -2.90. The maximum Gasteiger partial charge on any atom is 0.254 e. The predicted molar refractivity (Wildman–Crippen MR) is 140 cm³/mol. The number of ether oxygens (including phenoxy) is 1. The highest BCUT2D eigenvalue weighted by atomic mass is 35.5. The molecule has 1 aliphatic rings. The molecule has 0 spiro atoms. The number of pyridine rings is 1. The number of aryl methyl sites for hydroxylation is 1. The average molecular weight is 512 g/mol. The molecular formula is C27H30ClN3O3S. The standard InChI is InChI=1S/C27H30ClN3O3S/c1-17-7-9-21-23(13-17)35-27(25(21)26(33)30-16-19-5-3-11-29-15-19)31-24(32)6-4-12-34-22-10-8-20(28)14-18(22)2/h3,5,8,10-11,14-15,17H,4,6-7,9,12-13,16H2,1-2H3,(H,30,33)(H,31,32)/t17-/m0/s1. The first-order valence-corrected chi connectivity index (χ1v) is 13.1. The van der Waals surface area contributed by atoms with Gasteiger partial charge in [0.2, 0.25) is 5.91 Å². The van der Waals surface area contributed by atoms with Crippen molar-refractivity contribution in [3.63, 3.8) is 0 Å². The first kappa shape index (κ1) is 25.2. The molecule has 6 nitrogen and oxygen atoms in total. The van der Waals surface area contributed by atoms with Crippen LogP contribution in [-0.2, 0) is 24.2 Å². The number of hydrogen-bond donors (Lipinski definition) is 2. The summed E-state index contributed by atoms with van der Waals surface area (Å²) in [6.07, 6.45) is 7.15. The predicted octanol–water partition coefficient (Wildman–Crippen LogP) is 5.96. The molecule has 1 aliphatic carbocycles. The van der Waals surface area contributed by atoms with E-state index in [2.05, 4.69) is 22.5 Å². The molecule has 184 valence electrons. The van der Waals surface area contributed by atoms with E-state index in [0.717, 1.165) is 41.7 Å². The number of thiophene rings is 1. The van der Waals surface area contributed by atoms with E-state index in [1.807, 2.05) is 31.2 Å². The molecule has 4 rings (SSSR count). The van der Waals surface area contributed by atoms with E-state index in [-0.39, 0.29) is 11.8 Å². The topological polar surface area (TPSA) is 80.3 Å². The zero-order chi connectivity index (χ0) is 24.8. The number of fused-ring (bicyclic) bond motifs is 1. The molecule has 8 heteroatoms. The van der Waals surface area contributed by atoms with Crippen LogP contribution in [0.25, 0.3) is 0 Å². The number of nitrogens with one attached hydrogen (secondary N) is 2. The monoisotopic (exact) mass is 511 g/mol. The van der Waals surface area contributed by atoms with Crippen LogP contribution in [-0.4, -0.2) is 23.4 Å². The largest absolute Gasteiger partial charge is 0.493 e. The minimum atomic E-state index is -0.155. The molecule has 2 N–H and O–H groups in total. The van der Waals surface area contributed by atoms with Crippen molar-refractivity contribution in [1.29, 1.82) is 0 Å². The van der Waals surface area contributed by atoms with Gasteiger partial charge in [0.05, 0.1) is 12.2 Å². The van der Waals surface area contributed by atoms with E-state index in [1.165, 1.54) is 16.2 Å². The first-order valence-electron chi connectivity index (χ1n) is 11.9. The molecule has 2 aromatic heterocycles. The molecule has 0 saturated carbocycles. The Morgan fingerprint density at radius 2 is 2.14 bits per heavy atom. The van der Waals surface area contributed by atoms with E-state index >= 15 is 0 Å². The van der Waals surface area contributed by atoms with Crippen LogP contribution in [0.2, 0.25) is 5.02 Å². The van der Waals surface area contributed by atoms with E-state index in [1.54, 1.807) is 18.5 Å². The van der Waals surface area contributed by atoms with Crippen LogP contribution in [0, 0.1) is 12.8 Å². The summed E-state index contributed by atoms with van der Waals surface area (Å²) in [6, 6.07) is 9.25. The Balaban J connectivity index is 1.38. The van der Waals surface area contributed by atoms with Gasteiger partial charge in [0.1, 0.15) is 10.8 Å². The highest BCUT2D eigenvalue weighted by molar-refractivity contribution is 7.17. The molecule has 2 heterocycles. The fourth-order valence-corrected chi connectivity index (χ4v) is 5.88. The number of carbonyl (C=O) groups is 2. The second-order valence-corrected chi connectivity index (χ2v) is 10.6. The molecular weight excluding hydrogens is 482 g/mol. The summed E-state index contributed by atoms with van der Waals surface area (Å²) in [6.45, 7) is 4.98. The van der Waals surface area contributed by atoms with E-state index in [0.29, 0.717) is 47.5 Å². The van der Waals surface area contributed by atoms with Crippen LogP contribution in [0.1, 0.15) is 58.1 Å². The van der Waals surface area contributed by atoms with Crippen LogP contribution in [0.5, 0.6) is 5.75 Å². The number of anilines is 1. The van der Waals surface area contributed by atoms with Crippen LogP contribution >= 0.6 is 22.9 Å². The molecule has 0 radical (unpaired) electrons. The van der Waals surface area contributed by atoms with Crippen molar-refractivity contribution in [3.8, 4) is 5.75 Å². The van der Waals surface area contributed by atoms with Gasteiger partial charge >= 0.3 is 0 Å². The van der Waals surface area contributed by atoms with Gasteiger partial charge in [0.15, 0.2) is 0 Å². The smallest absolute Gasteiger partial charge is 0.254 e. The Bertz CT molecular complexity index is 1200. The Morgan fingerprint density at radius 1 is 1.29 bits per heavy atom. The van der Waals surface area contributed by atoms with E-state index in [4.69, 9.17) is 16.3 Å². The SMILES string of the molecule is Cc1cc(Cl)ccc1OCCCC(=O)Nc1sc2c(c1C(=O)NCc1cccnc1)CC[C@H](C)C2. The molecule has 0 fully saturated rings. The maximum atomic E-state index is 13.2. The normalized spacial score (nSPS) is 14.8. The van der Waals surface area contributed by atoms with Gasteiger partial charge in [0, 0.05) is 35.3 Å². The summed E-state index contributed by atoms with van der Waals surface area (Å²) in [5.41, 5.74) is 3.58. The van der Waals surface area contributed by atoms with Gasteiger partial charge < -0.3 is 15.4 Å².